The molecular weight excluding hydrogens is 741 g/mol. The Hall–Kier alpha value is -4.19. The number of sulfone groups is 1. The highest BCUT2D eigenvalue weighted by atomic mass is 32.3. The van der Waals surface area contributed by atoms with Crippen LogP contribution in [-0.2, 0) is 49.7 Å². The number of thioether (sulfide) groups is 1. The molecule has 3 rings (SSSR count). The van der Waals surface area contributed by atoms with Crippen LogP contribution in [0.3, 0.4) is 0 Å². The van der Waals surface area contributed by atoms with Gasteiger partial charge in [-0.05, 0) is 71.0 Å². The number of rotatable bonds is 13. The number of unbranched alkanes of at least 4 members (excludes halogenated alkanes) is 1. The molecule has 0 fully saturated rings. The summed E-state index contributed by atoms with van der Waals surface area (Å²) in [6.07, 6.45) is 2.71. The average molecular weight is 765 g/mol. The number of azo groups is 2. The van der Waals surface area contributed by atoms with Crippen LogP contribution in [0.4, 0.5) is 34.1 Å². The molecule has 0 bridgehead atoms. The lowest BCUT2D eigenvalue weighted by Crippen LogP contribution is -2.08. The van der Waals surface area contributed by atoms with Crippen LogP contribution in [-0.4, -0.2) is 53.1 Å². The van der Waals surface area contributed by atoms with Gasteiger partial charge >= 0.3 is 10.4 Å². The molecular formula is C24H24N6O13S5. The molecule has 0 atom stereocenters. The molecule has 48 heavy (non-hydrogen) atoms. The number of benzene rings is 3. The quantitative estimate of drug-likeness (QED) is 0.0304. The summed E-state index contributed by atoms with van der Waals surface area (Å²) in [5, 5.41) is 17.6. The molecule has 19 nitrogen and oxygen atoms in total. The number of hydrogen-bond acceptors (Lipinski definition) is 17. The molecule has 0 aliphatic carbocycles. The van der Waals surface area contributed by atoms with Crippen LogP contribution in [0.5, 0.6) is 0 Å². The van der Waals surface area contributed by atoms with Crippen molar-refractivity contribution in [3.05, 3.63) is 48.5 Å². The Morgan fingerprint density at radius 3 is 1.98 bits per heavy atom. The van der Waals surface area contributed by atoms with Crippen LogP contribution < -0.4 is 11.5 Å². The van der Waals surface area contributed by atoms with Gasteiger partial charge in [0.15, 0.2) is 15.9 Å². The lowest BCUT2D eigenvalue weighted by Gasteiger charge is -2.11. The summed E-state index contributed by atoms with van der Waals surface area (Å²) in [6.45, 7) is 1.76. The predicted molar refractivity (Wildman–Crippen MR) is 170 cm³/mol. The van der Waals surface area contributed by atoms with E-state index in [9.17, 15) is 42.8 Å². The summed E-state index contributed by atoms with van der Waals surface area (Å²) < 4.78 is 126. The average Bonchev–Trinajstić information content (AvgIpc) is 2.98. The molecule has 3 aromatic rings. The SMILES string of the molecule is CCCCS(=O)(=O)c1ccc(N=Nc2cc(S(=O)(=O)O)c(N)c(N=Nc3ccc(SC#COOS(=O)(=O)O)cc3)c2N)c(S(=O)(=O)O)c1. The third-order valence-corrected chi connectivity index (χ3v) is 10.2. The van der Waals surface area contributed by atoms with E-state index in [1.807, 2.05) is 6.11 Å². The van der Waals surface area contributed by atoms with Crippen molar-refractivity contribution in [2.75, 3.05) is 17.2 Å². The summed E-state index contributed by atoms with van der Waals surface area (Å²) in [5.74, 6) is -0.280. The normalized spacial score (nSPS) is 12.7. The lowest BCUT2D eigenvalue weighted by molar-refractivity contribution is -0.135. The molecule has 0 amide bonds. The molecule has 0 saturated heterocycles. The zero-order valence-corrected chi connectivity index (χ0v) is 28.2. The first-order valence-corrected chi connectivity index (χ1v) is 19.4. The Morgan fingerprint density at radius 1 is 0.771 bits per heavy atom. The van der Waals surface area contributed by atoms with Gasteiger partial charge in [-0.2, -0.15) is 30.4 Å². The highest BCUT2D eigenvalue weighted by Gasteiger charge is 2.24. The second-order valence-electron chi connectivity index (χ2n) is 9.10. The first-order valence-electron chi connectivity index (χ1n) is 12.7. The highest BCUT2D eigenvalue weighted by molar-refractivity contribution is 8.04. The molecule has 24 heteroatoms. The fraction of sp³-hybridized carbons (Fsp3) is 0.167. The Labute approximate surface area is 278 Å². The number of nitrogens with two attached hydrogens (primary N) is 2. The van der Waals surface area contributed by atoms with Crippen molar-refractivity contribution in [2.45, 2.75) is 39.3 Å². The Kier molecular flexibility index (Phi) is 12.2. The maximum atomic E-state index is 12.6. The van der Waals surface area contributed by atoms with E-state index in [2.05, 4.69) is 34.9 Å². The van der Waals surface area contributed by atoms with Crippen LogP contribution in [0.2, 0.25) is 0 Å². The first kappa shape index (κ1) is 38.3. The van der Waals surface area contributed by atoms with E-state index >= 15 is 0 Å². The largest absolute Gasteiger partial charge is 0.433 e. The summed E-state index contributed by atoms with van der Waals surface area (Å²) in [7, 11) is -18.8. The summed E-state index contributed by atoms with van der Waals surface area (Å²) in [6, 6.07) is 9.25. The van der Waals surface area contributed by atoms with Crippen LogP contribution >= 0.6 is 11.8 Å². The van der Waals surface area contributed by atoms with E-state index < -0.39 is 83.6 Å². The number of nitrogens with zero attached hydrogens (tertiary/aromatic N) is 4. The summed E-state index contributed by atoms with van der Waals surface area (Å²) >= 11 is 0.861. The van der Waals surface area contributed by atoms with Crippen molar-refractivity contribution in [1.82, 2.24) is 0 Å². The Balaban J connectivity index is 2.00. The summed E-state index contributed by atoms with van der Waals surface area (Å²) in [4.78, 5) is 2.26. The maximum Gasteiger partial charge on any atom is 0.433 e. The lowest BCUT2D eigenvalue weighted by atomic mass is 10.2. The minimum atomic E-state index is -5.04. The third kappa shape index (κ3) is 10.7. The standard InChI is InChI=1S/C24H24N6O13S5/c1-2-3-12-45(31,32)17-8-9-18(20(13-17)46(33,34)35)28-29-19-14-21(47(36,37)38)23(26)24(22(19)25)30-27-15-4-6-16(7-5-15)44-11-10-42-43-48(39,40)41/h4-9,13-14H,2-3,12,25-26H2,1H3,(H,33,34,35)(H,36,37,38)(H,39,40,41). The first-order chi connectivity index (χ1) is 22.2. The van der Waals surface area contributed by atoms with Crippen molar-refractivity contribution >= 4 is 86.4 Å². The molecule has 0 aromatic heterocycles. The van der Waals surface area contributed by atoms with Gasteiger partial charge in [0.1, 0.15) is 26.9 Å². The topological polar surface area (TPSA) is 317 Å². The molecule has 0 unspecified atom stereocenters. The molecule has 3 aromatic carbocycles. The van der Waals surface area contributed by atoms with E-state index in [4.69, 9.17) is 16.0 Å². The van der Waals surface area contributed by atoms with Crippen LogP contribution in [0.1, 0.15) is 19.8 Å². The monoisotopic (exact) mass is 764 g/mol. The van der Waals surface area contributed by atoms with Crippen molar-refractivity contribution in [3.8, 4) is 11.4 Å². The number of nitrogen functional groups attached to an aromatic ring is 2. The van der Waals surface area contributed by atoms with Crippen molar-refractivity contribution in [2.24, 2.45) is 20.5 Å². The van der Waals surface area contributed by atoms with Gasteiger partial charge in [0.25, 0.3) is 20.2 Å². The molecule has 258 valence electrons. The second-order valence-corrected chi connectivity index (χ2v) is 15.9. The molecule has 0 saturated carbocycles. The molecule has 0 aliphatic rings. The molecule has 7 N–H and O–H groups in total. The maximum absolute atomic E-state index is 12.6. The van der Waals surface area contributed by atoms with Crippen molar-refractivity contribution < 1.29 is 56.6 Å². The third-order valence-electron chi connectivity index (χ3n) is 5.67. The molecule has 0 spiro atoms. The van der Waals surface area contributed by atoms with Gasteiger partial charge in [-0.25, -0.2) is 8.42 Å². The fourth-order valence-electron chi connectivity index (χ4n) is 3.45. The molecule has 0 aliphatic heterocycles. The smallest absolute Gasteiger partial charge is 0.396 e. The van der Waals surface area contributed by atoms with E-state index in [-0.39, 0.29) is 11.4 Å². The van der Waals surface area contributed by atoms with Gasteiger partial charge in [0.05, 0.1) is 27.7 Å². The van der Waals surface area contributed by atoms with E-state index in [1.54, 1.807) is 6.92 Å². The number of anilines is 2. The zero-order chi connectivity index (χ0) is 35.9. The van der Waals surface area contributed by atoms with Crippen LogP contribution in [0, 0.1) is 11.4 Å². The van der Waals surface area contributed by atoms with Crippen molar-refractivity contribution in [3.63, 3.8) is 0 Å². The van der Waals surface area contributed by atoms with Gasteiger partial charge in [0.2, 0.25) is 0 Å². The van der Waals surface area contributed by atoms with E-state index in [0.717, 1.165) is 30.0 Å². The van der Waals surface area contributed by atoms with Gasteiger partial charge in [0, 0.05) is 10.1 Å². The van der Waals surface area contributed by atoms with Gasteiger partial charge in [-0.3, -0.25) is 18.5 Å². The number of hydrogen-bond donors (Lipinski definition) is 5. The van der Waals surface area contributed by atoms with Crippen molar-refractivity contribution in [1.29, 1.82) is 0 Å². The Morgan fingerprint density at radius 2 is 1.40 bits per heavy atom. The highest BCUT2D eigenvalue weighted by Crippen LogP contribution is 2.43. The van der Waals surface area contributed by atoms with E-state index in [1.165, 1.54) is 24.3 Å². The summed E-state index contributed by atoms with van der Waals surface area (Å²) in [5.41, 5.74) is 9.61. The second kappa shape index (κ2) is 15.4. The minimum absolute atomic E-state index is 0.171. The van der Waals surface area contributed by atoms with Gasteiger partial charge < -0.3 is 11.5 Å². The fourth-order valence-corrected chi connectivity index (χ4v) is 6.87. The van der Waals surface area contributed by atoms with Crippen LogP contribution in [0.25, 0.3) is 0 Å². The minimum Gasteiger partial charge on any atom is -0.396 e. The van der Waals surface area contributed by atoms with Crippen LogP contribution in [0.15, 0.2) is 88.6 Å². The zero-order valence-electron chi connectivity index (χ0n) is 24.1. The molecule has 0 radical (unpaired) electrons. The van der Waals surface area contributed by atoms with Gasteiger partial charge in [-0.15, -0.1) is 15.3 Å². The molecule has 0 heterocycles. The Bertz CT molecular complexity index is 2270. The van der Waals surface area contributed by atoms with E-state index in [0.29, 0.717) is 23.8 Å². The van der Waals surface area contributed by atoms with Gasteiger partial charge in [-0.1, -0.05) is 13.3 Å². The predicted octanol–water partition coefficient (Wildman–Crippen LogP) is 4.51.